The summed E-state index contributed by atoms with van der Waals surface area (Å²) in [5, 5.41) is 0. The SMILES string of the molecule is CN(CC1CCCC1)C(=O)C1(N)CCC1. The van der Waals surface area contributed by atoms with Gasteiger partial charge in [-0.1, -0.05) is 12.8 Å². The van der Waals surface area contributed by atoms with Crippen LogP contribution in [0.2, 0.25) is 0 Å². The van der Waals surface area contributed by atoms with Gasteiger partial charge in [0.05, 0.1) is 5.54 Å². The molecule has 2 fully saturated rings. The van der Waals surface area contributed by atoms with E-state index in [0.29, 0.717) is 0 Å². The zero-order valence-electron chi connectivity index (χ0n) is 9.67. The monoisotopic (exact) mass is 210 g/mol. The van der Waals surface area contributed by atoms with Crippen molar-refractivity contribution in [3.8, 4) is 0 Å². The Morgan fingerprint density at radius 1 is 1.33 bits per heavy atom. The normalized spacial score (nSPS) is 24.9. The highest BCUT2D eigenvalue weighted by molar-refractivity contribution is 5.86. The number of carbonyl (C=O) groups is 1. The van der Waals surface area contributed by atoms with E-state index in [2.05, 4.69) is 0 Å². The molecule has 0 saturated heterocycles. The molecule has 3 heteroatoms. The number of amides is 1. The van der Waals surface area contributed by atoms with Gasteiger partial charge in [-0.3, -0.25) is 4.79 Å². The molecule has 2 aliphatic carbocycles. The fraction of sp³-hybridized carbons (Fsp3) is 0.917. The van der Waals surface area contributed by atoms with Gasteiger partial charge in [0.15, 0.2) is 0 Å². The fourth-order valence-corrected chi connectivity index (χ4v) is 2.81. The Kier molecular flexibility index (Phi) is 3.01. The van der Waals surface area contributed by atoms with E-state index in [-0.39, 0.29) is 5.91 Å². The molecule has 0 bridgehead atoms. The molecule has 3 nitrogen and oxygen atoms in total. The molecule has 0 spiro atoms. The van der Waals surface area contributed by atoms with E-state index in [0.717, 1.165) is 31.7 Å². The van der Waals surface area contributed by atoms with E-state index >= 15 is 0 Å². The molecule has 1 amide bonds. The molecule has 0 aromatic heterocycles. The summed E-state index contributed by atoms with van der Waals surface area (Å²) < 4.78 is 0. The van der Waals surface area contributed by atoms with Crippen molar-refractivity contribution >= 4 is 5.91 Å². The number of carbonyl (C=O) groups excluding carboxylic acids is 1. The highest BCUT2D eigenvalue weighted by Crippen LogP contribution is 2.32. The van der Waals surface area contributed by atoms with E-state index in [1.54, 1.807) is 0 Å². The summed E-state index contributed by atoms with van der Waals surface area (Å²) in [7, 11) is 1.91. The highest BCUT2D eigenvalue weighted by atomic mass is 16.2. The standard InChI is InChI=1S/C12H22N2O/c1-14(9-10-5-2-3-6-10)11(15)12(13)7-4-8-12/h10H,2-9,13H2,1H3. The minimum atomic E-state index is -0.507. The van der Waals surface area contributed by atoms with Crippen LogP contribution in [-0.4, -0.2) is 29.9 Å². The maximum absolute atomic E-state index is 12.0. The summed E-state index contributed by atoms with van der Waals surface area (Å²) >= 11 is 0. The van der Waals surface area contributed by atoms with Crippen molar-refractivity contribution in [1.82, 2.24) is 4.90 Å². The molecule has 2 rings (SSSR count). The average molecular weight is 210 g/mol. The van der Waals surface area contributed by atoms with Crippen molar-refractivity contribution in [3.63, 3.8) is 0 Å². The van der Waals surface area contributed by atoms with Crippen molar-refractivity contribution in [2.24, 2.45) is 11.7 Å². The third kappa shape index (κ3) is 2.17. The van der Waals surface area contributed by atoms with Gasteiger partial charge in [0.2, 0.25) is 5.91 Å². The molecule has 0 radical (unpaired) electrons. The van der Waals surface area contributed by atoms with Crippen molar-refractivity contribution in [2.45, 2.75) is 50.5 Å². The van der Waals surface area contributed by atoms with E-state index in [1.807, 2.05) is 11.9 Å². The first-order chi connectivity index (χ1) is 7.12. The summed E-state index contributed by atoms with van der Waals surface area (Å²) in [6.07, 6.45) is 8.10. The van der Waals surface area contributed by atoms with E-state index in [9.17, 15) is 4.79 Å². The molecule has 0 atom stereocenters. The van der Waals surface area contributed by atoms with Crippen molar-refractivity contribution in [2.75, 3.05) is 13.6 Å². The van der Waals surface area contributed by atoms with Gasteiger partial charge in [0, 0.05) is 13.6 Å². The number of hydrogen-bond acceptors (Lipinski definition) is 2. The number of likely N-dealkylation sites (N-methyl/N-ethyl adjacent to an activating group) is 1. The summed E-state index contributed by atoms with van der Waals surface area (Å²) in [4.78, 5) is 13.9. The van der Waals surface area contributed by atoms with Gasteiger partial charge in [-0.15, -0.1) is 0 Å². The molecule has 15 heavy (non-hydrogen) atoms. The summed E-state index contributed by atoms with van der Waals surface area (Å²) in [6, 6.07) is 0. The van der Waals surface area contributed by atoms with Gasteiger partial charge in [-0.25, -0.2) is 0 Å². The number of nitrogens with zero attached hydrogens (tertiary/aromatic N) is 1. The van der Waals surface area contributed by atoms with Crippen LogP contribution < -0.4 is 5.73 Å². The van der Waals surface area contributed by atoms with E-state index < -0.39 is 5.54 Å². The summed E-state index contributed by atoms with van der Waals surface area (Å²) in [6.45, 7) is 0.914. The summed E-state index contributed by atoms with van der Waals surface area (Å²) in [5.74, 6) is 0.892. The van der Waals surface area contributed by atoms with E-state index in [4.69, 9.17) is 5.73 Å². The molecule has 2 aliphatic rings. The van der Waals surface area contributed by atoms with Crippen LogP contribution in [0.25, 0.3) is 0 Å². The molecule has 86 valence electrons. The van der Waals surface area contributed by atoms with E-state index in [1.165, 1.54) is 25.7 Å². The van der Waals surface area contributed by atoms with Gasteiger partial charge >= 0.3 is 0 Å². The van der Waals surface area contributed by atoms with Crippen LogP contribution >= 0.6 is 0 Å². The quantitative estimate of drug-likeness (QED) is 0.767. The van der Waals surface area contributed by atoms with Crippen molar-refractivity contribution in [1.29, 1.82) is 0 Å². The first-order valence-corrected chi connectivity index (χ1v) is 6.16. The van der Waals surface area contributed by atoms with Crippen LogP contribution in [0.5, 0.6) is 0 Å². The highest BCUT2D eigenvalue weighted by Gasteiger charge is 2.42. The Morgan fingerprint density at radius 3 is 2.40 bits per heavy atom. The third-order valence-corrected chi connectivity index (χ3v) is 4.03. The second kappa shape index (κ2) is 4.12. The Balaban J connectivity index is 1.84. The van der Waals surface area contributed by atoms with Gasteiger partial charge < -0.3 is 10.6 Å². The first-order valence-electron chi connectivity index (χ1n) is 6.16. The van der Waals surface area contributed by atoms with Crippen LogP contribution in [-0.2, 0) is 4.79 Å². The van der Waals surface area contributed by atoms with Crippen LogP contribution in [0.15, 0.2) is 0 Å². The average Bonchev–Trinajstić information content (AvgIpc) is 2.65. The Bertz CT molecular complexity index is 242. The lowest BCUT2D eigenvalue weighted by Crippen LogP contribution is -2.59. The largest absolute Gasteiger partial charge is 0.344 e. The van der Waals surface area contributed by atoms with Crippen LogP contribution in [0.3, 0.4) is 0 Å². The second-order valence-corrected chi connectivity index (χ2v) is 5.35. The van der Waals surface area contributed by atoms with Gasteiger partial charge in [-0.2, -0.15) is 0 Å². The van der Waals surface area contributed by atoms with Gasteiger partial charge in [0.1, 0.15) is 0 Å². The van der Waals surface area contributed by atoms with Crippen molar-refractivity contribution in [3.05, 3.63) is 0 Å². The third-order valence-electron chi connectivity index (χ3n) is 4.03. The molecule has 0 heterocycles. The Labute approximate surface area is 92.0 Å². The number of rotatable bonds is 3. The molecular weight excluding hydrogens is 188 g/mol. The predicted molar refractivity (Wildman–Crippen MR) is 60.4 cm³/mol. The minimum absolute atomic E-state index is 0.167. The smallest absolute Gasteiger partial charge is 0.242 e. The first kappa shape index (κ1) is 10.9. The zero-order chi connectivity index (χ0) is 10.9. The lowest BCUT2D eigenvalue weighted by Gasteiger charge is -2.39. The number of hydrogen-bond donors (Lipinski definition) is 1. The lowest BCUT2D eigenvalue weighted by atomic mass is 9.76. The molecule has 0 aromatic rings. The minimum Gasteiger partial charge on any atom is -0.344 e. The second-order valence-electron chi connectivity index (χ2n) is 5.35. The zero-order valence-corrected chi connectivity index (χ0v) is 9.67. The molecule has 0 unspecified atom stereocenters. The predicted octanol–water partition coefficient (Wildman–Crippen LogP) is 1.52. The van der Waals surface area contributed by atoms with Crippen LogP contribution in [0, 0.1) is 5.92 Å². The topological polar surface area (TPSA) is 46.3 Å². The summed E-state index contributed by atoms with van der Waals surface area (Å²) in [5.41, 5.74) is 5.52. The fourth-order valence-electron chi connectivity index (χ4n) is 2.81. The maximum Gasteiger partial charge on any atom is 0.242 e. The molecular formula is C12H22N2O. The Hall–Kier alpha value is -0.570. The molecule has 0 aromatic carbocycles. The lowest BCUT2D eigenvalue weighted by molar-refractivity contribution is -0.139. The van der Waals surface area contributed by atoms with Crippen LogP contribution in [0.1, 0.15) is 44.9 Å². The molecule has 2 N–H and O–H groups in total. The van der Waals surface area contributed by atoms with Gasteiger partial charge in [-0.05, 0) is 38.0 Å². The number of nitrogens with two attached hydrogens (primary N) is 1. The van der Waals surface area contributed by atoms with Crippen LogP contribution in [0.4, 0.5) is 0 Å². The maximum atomic E-state index is 12.0. The van der Waals surface area contributed by atoms with Crippen molar-refractivity contribution < 1.29 is 4.79 Å². The Morgan fingerprint density at radius 2 is 1.93 bits per heavy atom. The van der Waals surface area contributed by atoms with Gasteiger partial charge in [0.25, 0.3) is 0 Å². The molecule has 2 saturated carbocycles. The molecule has 0 aliphatic heterocycles.